The van der Waals surface area contributed by atoms with E-state index >= 15 is 0 Å². The van der Waals surface area contributed by atoms with Crippen molar-refractivity contribution in [2.45, 2.75) is 6.42 Å². The molecule has 27 heavy (non-hydrogen) atoms. The fraction of sp³-hybridized carbons (Fsp3) is 0.300. The topological polar surface area (TPSA) is 79.5 Å². The second-order valence-electron chi connectivity index (χ2n) is 5.79. The highest BCUT2D eigenvalue weighted by atomic mass is 35.5. The summed E-state index contributed by atoms with van der Waals surface area (Å²) in [4.78, 5) is 23.9. The smallest absolute Gasteiger partial charge is 0.251 e. The maximum Gasteiger partial charge on any atom is 0.251 e. The van der Waals surface area contributed by atoms with Crippen LogP contribution in [0.5, 0.6) is 0 Å². The fourth-order valence-electron chi connectivity index (χ4n) is 2.35. The van der Waals surface area contributed by atoms with Crippen LogP contribution in [0.1, 0.15) is 15.9 Å². The number of hydrogen-bond donors (Lipinski definition) is 3. The van der Waals surface area contributed by atoms with Gasteiger partial charge in [-0.25, -0.2) is 0 Å². The molecule has 0 heterocycles. The van der Waals surface area contributed by atoms with Crippen LogP contribution in [0.2, 0.25) is 0 Å². The number of anilines is 1. The van der Waals surface area contributed by atoms with E-state index in [1.165, 1.54) is 5.56 Å². The normalized spacial score (nSPS) is 9.96. The van der Waals surface area contributed by atoms with Crippen LogP contribution in [-0.2, 0) is 16.0 Å². The minimum Gasteiger partial charge on any atom is -0.383 e. The average molecular weight is 392 g/mol. The van der Waals surface area contributed by atoms with Crippen molar-refractivity contribution in [3.63, 3.8) is 0 Å². The van der Waals surface area contributed by atoms with Crippen molar-refractivity contribution in [3.05, 3.63) is 65.7 Å². The third-order valence-electron chi connectivity index (χ3n) is 3.74. The number of nitrogens with one attached hydrogen (secondary N) is 3. The van der Waals surface area contributed by atoms with Gasteiger partial charge in [-0.15, -0.1) is 12.4 Å². The van der Waals surface area contributed by atoms with Gasteiger partial charge in [0.25, 0.3) is 5.91 Å². The van der Waals surface area contributed by atoms with E-state index in [2.05, 4.69) is 16.0 Å². The summed E-state index contributed by atoms with van der Waals surface area (Å²) in [6.07, 6.45) is 0.788. The minimum absolute atomic E-state index is 0. The number of carbonyl (C=O) groups is 2. The van der Waals surface area contributed by atoms with Crippen LogP contribution in [0.25, 0.3) is 0 Å². The highest BCUT2D eigenvalue weighted by molar-refractivity contribution is 5.96. The van der Waals surface area contributed by atoms with E-state index in [0.717, 1.165) is 6.42 Å². The van der Waals surface area contributed by atoms with Crippen LogP contribution in [0.3, 0.4) is 0 Å². The second-order valence-corrected chi connectivity index (χ2v) is 5.79. The Morgan fingerprint density at radius 2 is 1.67 bits per heavy atom. The molecule has 0 spiro atoms. The van der Waals surface area contributed by atoms with E-state index in [4.69, 9.17) is 4.74 Å². The molecular formula is C20H26ClN3O3. The molecule has 2 aromatic carbocycles. The number of amides is 2. The summed E-state index contributed by atoms with van der Waals surface area (Å²) in [7, 11) is 1.61. The van der Waals surface area contributed by atoms with E-state index in [1.807, 2.05) is 30.3 Å². The number of hydrogen-bond acceptors (Lipinski definition) is 4. The van der Waals surface area contributed by atoms with Crippen LogP contribution in [-0.4, -0.2) is 45.2 Å². The molecule has 2 aromatic rings. The number of benzene rings is 2. The molecule has 0 unspecified atom stereocenters. The Morgan fingerprint density at radius 1 is 0.963 bits per heavy atom. The molecule has 0 atom stereocenters. The van der Waals surface area contributed by atoms with Gasteiger partial charge in [-0.05, 0) is 36.2 Å². The molecule has 146 valence electrons. The van der Waals surface area contributed by atoms with Gasteiger partial charge in [-0.2, -0.15) is 0 Å². The molecule has 0 aliphatic heterocycles. The van der Waals surface area contributed by atoms with Crippen molar-refractivity contribution in [2.24, 2.45) is 0 Å². The Hall–Kier alpha value is -2.41. The first-order chi connectivity index (χ1) is 12.7. The lowest BCUT2D eigenvalue weighted by Crippen LogP contribution is -2.30. The van der Waals surface area contributed by atoms with E-state index < -0.39 is 0 Å². The molecule has 6 nitrogen and oxygen atoms in total. The van der Waals surface area contributed by atoms with Gasteiger partial charge in [0.2, 0.25) is 5.91 Å². The zero-order valence-electron chi connectivity index (χ0n) is 15.4. The van der Waals surface area contributed by atoms with Crippen molar-refractivity contribution in [2.75, 3.05) is 38.7 Å². The predicted molar refractivity (Wildman–Crippen MR) is 110 cm³/mol. The van der Waals surface area contributed by atoms with Crippen LogP contribution in [0.4, 0.5) is 5.69 Å². The molecule has 2 amide bonds. The Morgan fingerprint density at radius 3 is 2.33 bits per heavy atom. The van der Waals surface area contributed by atoms with Gasteiger partial charge in [0, 0.05) is 31.5 Å². The Bertz CT molecular complexity index is 693. The summed E-state index contributed by atoms with van der Waals surface area (Å²) in [5.41, 5.74) is 2.41. The Balaban J connectivity index is 0.00000364. The van der Waals surface area contributed by atoms with Gasteiger partial charge in [0.05, 0.1) is 13.2 Å². The van der Waals surface area contributed by atoms with Gasteiger partial charge >= 0.3 is 0 Å². The number of carbonyl (C=O) groups excluding carboxylic acids is 2. The third-order valence-corrected chi connectivity index (χ3v) is 3.74. The third kappa shape index (κ3) is 8.68. The molecule has 0 bridgehead atoms. The van der Waals surface area contributed by atoms with Gasteiger partial charge in [0.15, 0.2) is 0 Å². The Kier molecular flexibility index (Phi) is 10.8. The second kappa shape index (κ2) is 12.9. The van der Waals surface area contributed by atoms with E-state index in [9.17, 15) is 9.59 Å². The van der Waals surface area contributed by atoms with Crippen molar-refractivity contribution in [1.82, 2.24) is 10.6 Å². The number of halogens is 1. The fourth-order valence-corrected chi connectivity index (χ4v) is 2.35. The standard InChI is InChI=1S/C20H25N3O3.ClH/c1-26-14-13-21-15-19(24)23-18-9-7-17(8-10-18)20(25)22-12-11-16-5-3-2-4-6-16;/h2-10,21H,11-15H2,1H3,(H,22,25)(H,23,24);1H. The Labute approximate surface area is 166 Å². The molecule has 0 aliphatic carbocycles. The number of methoxy groups -OCH3 is 1. The molecule has 0 radical (unpaired) electrons. The molecule has 2 rings (SSSR count). The maximum atomic E-state index is 12.2. The molecule has 0 saturated heterocycles. The van der Waals surface area contributed by atoms with E-state index in [0.29, 0.717) is 30.9 Å². The molecule has 0 saturated carbocycles. The number of ether oxygens (including phenoxy) is 1. The average Bonchev–Trinajstić information content (AvgIpc) is 2.66. The SMILES string of the molecule is COCCNCC(=O)Nc1ccc(C(=O)NCCc2ccccc2)cc1.Cl. The lowest BCUT2D eigenvalue weighted by Gasteiger charge is -2.08. The van der Waals surface area contributed by atoms with E-state index in [-0.39, 0.29) is 30.8 Å². The monoisotopic (exact) mass is 391 g/mol. The lowest BCUT2D eigenvalue weighted by molar-refractivity contribution is -0.115. The zero-order chi connectivity index (χ0) is 18.6. The summed E-state index contributed by atoms with van der Waals surface area (Å²) in [6, 6.07) is 16.9. The molecule has 3 N–H and O–H groups in total. The highest BCUT2D eigenvalue weighted by Crippen LogP contribution is 2.09. The molecule has 0 aliphatic rings. The molecule has 0 aromatic heterocycles. The quantitative estimate of drug-likeness (QED) is 0.543. The maximum absolute atomic E-state index is 12.2. The summed E-state index contributed by atoms with van der Waals surface area (Å²) < 4.78 is 4.90. The van der Waals surface area contributed by atoms with Crippen LogP contribution >= 0.6 is 12.4 Å². The van der Waals surface area contributed by atoms with Gasteiger partial charge < -0.3 is 20.7 Å². The van der Waals surface area contributed by atoms with E-state index in [1.54, 1.807) is 31.4 Å². The van der Waals surface area contributed by atoms with Gasteiger partial charge in [-0.1, -0.05) is 30.3 Å². The van der Waals surface area contributed by atoms with Crippen LogP contribution in [0.15, 0.2) is 54.6 Å². The lowest BCUT2D eigenvalue weighted by atomic mass is 10.1. The zero-order valence-corrected chi connectivity index (χ0v) is 16.2. The molecule has 0 fully saturated rings. The van der Waals surface area contributed by atoms with Crippen molar-refractivity contribution < 1.29 is 14.3 Å². The first-order valence-corrected chi connectivity index (χ1v) is 8.60. The van der Waals surface area contributed by atoms with Gasteiger partial charge in [0.1, 0.15) is 0 Å². The molecule has 7 heteroatoms. The van der Waals surface area contributed by atoms with Crippen LogP contribution < -0.4 is 16.0 Å². The predicted octanol–water partition coefficient (Wildman–Crippen LogP) is 2.26. The van der Waals surface area contributed by atoms with Crippen molar-refractivity contribution in [3.8, 4) is 0 Å². The number of rotatable bonds is 10. The summed E-state index contributed by atoms with van der Waals surface area (Å²) in [6.45, 7) is 1.97. The summed E-state index contributed by atoms with van der Waals surface area (Å²) in [5.74, 6) is -0.263. The first-order valence-electron chi connectivity index (χ1n) is 8.60. The molecular weight excluding hydrogens is 366 g/mol. The largest absolute Gasteiger partial charge is 0.383 e. The van der Waals surface area contributed by atoms with Crippen molar-refractivity contribution in [1.29, 1.82) is 0 Å². The minimum atomic E-state index is -0.138. The highest BCUT2D eigenvalue weighted by Gasteiger charge is 2.06. The first kappa shape index (κ1) is 22.6. The van der Waals surface area contributed by atoms with Crippen molar-refractivity contribution >= 4 is 29.9 Å². The van der Waals surface area contributed by atoms with Gasteiger partial charge in [-0.3, -0.25) is 9.59 Å². The summed E-state index contributed by atoms with van der Waals surface area (Å²) in [5, 5.41) is 8.65. The van der Waals surface area contributed by atoms with Crippen LogP contribution in [0, 0.1) is 0 Å². The summed E-state index contributed by atoms with van der Waals surface area (Å²) >= 11 is 0.